The molecule has 3 rings (SSSR count). The Hall–Kier alpha value is -3.82. The van der Waals surface area contributed by atoms with Gasteiger partial charge in [-0.15, -0.1) is 0 Å². The van der Waals surface area contributed by atoms with Crippen molar-refractivity contribution in [2.75, 3.05) is 18.4 Å². The Bertz CT molecular complexity index is 1090. The Morgan fingerprint density at radius 1 is 1.03 bits per heavy atom. The molecule has 1 aliphatic rings. The van der Waals surface area contributed by atoms with E-state index in [0.29, 0.717) is 5.56 Å². The molecule has 8 nitrogen and oxygen atoms in total. The number of imide groups is 1. The Balaban J connectivity index is 1.57. The summed E-state index contributed by atoms with van der Waals surface area (Å²) in [6.07, 6.45) is 1.88. The molecule has 0 aliphatic carbocycles. The molecule has 1 atom stereocenters. The molecule has 0 radical (unpaired) electrons. The highest BCUT2D eigenvalue weighted by Gasteiger charge is 2.49. The van der Waals surface area contributed by atoms with Crippen molar-refractivity contribution in [2.45, 2.75) is 32.2 Å². The van der Waals surface area contributed by atoms with E-state index in [1.54, 1.807) is 19.1 Å². The normalized spacial score (nSPS) is 17.6. The third kappa shape index (κ3) is 5.33. The van der Waals surface area contributed by atoms with Crippen molar-refractivity contribution in [3.8, 4) is 0 Å². The molecule has 0 saturated carbocycles. The highest BCUT2D eigenvalue weighted by molar-refractivity contribution is 6.09. The number of amides is 5. The number of hydrogen-bond acceptors (Lipinski definition) is 4. The summed E-state index contributed by atoms with van der Waals surface area (Å²) in [5.74, 6) is -4.20. The lowest BCUT2D eigenvalue weighted by Crippen LogP contribution is -2.44. The van der Waals surface area contributed by atoms with Gasteiger partial charge in [0.2, 0.25) is 11.8 Å². The second kappa shape index (κ2) is 9.76. The first-order chi connectivity index (χ1) is 15.6. The zero-order valence-electron chi connectivity index (χ0n) is 18.2. The molecule has 10 heteroatoms. The quantitative estimate of drug-likeness (QED) is 0.528. The van der Waals surface area contributed by atoms with Crippen LogP contribution in [-0.2, 0) is 26.3 Å². The van der Waals surface area contributed by atoms with Gasteiger partial charge in [0.15, 0.2) is 11.6 Å². The molecule has 33 heavy (non-hydrogen) atoms. The van der Waals surface area contributed by atoms with E-state index in [4.69, 9.17) is 0 Å². The van der Waals surface area contributed by atoms with E-state index in [9.17, 15) is 28.0 Å². The van der Waals surface area contributed by atoms with Gasteiger partial charge in [0, 0.05) is 11.8 Å². The molecule has 1 aliphatic heterocycles. The minimum absolute atomic E-state index is 0.0166. The van der Waals surface area contributed by atoms with Crippen molar-refractivity contribution in [3.63, 3.8) is 0 Å². The van der Waals surface area contributed by atoms with Crippen LogP contribution in [0.5, 0.6) is 0 Å². The number of nitrogens with zero attached hydrogens (tertiary/aromatic N) is 1. The summed E-state index contributed by atoms with van der Waals surface area (Å²) in [5.41, 5.74) is 0.406. The van der Waals surface area contributed by atoms with Crippen LogP contribution in [0.25, 0.3) is 0 Å². The van der Waals surface area contributed by atoms with Crippen molar-refractivity contribution in [3.05, 3.63) is 65.2 Å². The molecule has 174 valence electrons. The summed E-state index contributed by atoms with van der Waals surface area (Å²) in [6.45, 7) is 2.56. The summed E-state index contributed by atoms with van der Waals surface area (Å²) in [7, 11) is 0. The summed E-state index contributed by atoms with van der Waals surface area (Å²) < 4.78 is 26.2. The zero-order chi connectivity index (χ0) is 24.2. The number of halogens is 2. The molecule has 0 spiro atoms. The van der Waals surface area contributed by atoms with Gasteiger partial charge in [-0.3, -0.25) is 19.3 Å². The first kappa shape index (κ1) is 23.8. The van der Waals surface area contributed by atoms with Gasteiger partial charge in [0.1, 0.15) is 12.1 Å². The predicted octanol–water partition coefficient (Wildman–Crippen LogP) is 2.44. The SMILES string of the molecule is CCCc1ccc(C2(C)NC(=O)N(CC(=O)NCC(=O)Nc3ccc(F)c(F)c3)C2=O)cc1. The maximum atomic E-state index is 13.2. The van der Waals surface area contributed by atoms with Crippen LogP contribution >= 0.6 is 0 Å². The van der Waals surface area contributed by atoms with Crippen molar-refractivity contribution < 1.29 is 28.0 Å². The largest absolute Gasteiger partial charge is 0.345 e. The maximum Gasteiger partial charge on any atom is 0.325 e. The fraction of sp³-hybridized carbons (Fsp3) is 0.304. The topological polar surface area (TPSA) is 108 Å². The van der Waals surface area contributed by atoms with E-state index in [1.807, 2.05) is 12.1 Å². The van der Waals surface area contributed by atoms with E-state index >= 15 is 0 Å². The maximum absolute atomic E-state index is 13.2. The Labute approximate surface area is 189 Å². The molecular formula is C23H24F2N4O4. The average Bonchev–Trinajstić information content (AvgIpc) is 2.99. The fourth-order valence-corrected chi connectivity index (χ4v) is 3.49. The van der Waals surface area contributed by atoms with Gasteiger partial charge < -0.3 is 16.0 Å². The summed E-state index contributed by atoms with van der Waals surface area (Å²) in [5, 5.41) is 7.22. The van der Waals surface area contributed by atoms with Crippen LogP contribution in [0.15, 0.2) is 42.5 Å². The van der Waals surface area contributed by atoms with Crippen LogP contribution in [0.4, 0.5) is 19.3 Å². The minimum atomic E-state index is -1.31. The van der Waals surface area contributed by atoms with Gasteiger partial charge in [-0.1, -0.05) is 37.6 Å². The zero-order valence-corrected chi connectivity index (χ0v) is 18.2. The standard InChI is InChI=1S/C23H24F2N4O4/c1-3-4-14-5-7-15(8-6-14)23(2)21(32)29(22(33)28-23)13-20(31)26-12-19(30)27-16-9-10-17(24)18(25)11-16/h5-11H,3-4,12-13H2,1-2H3,(H,26,31)(H,27,30)(H,28,33). The number of hydrogen-bond donors (Lipinski definition) is 3. The molecule has 5 amide bonds. The van der Waals surface area contributed by atoms with Gasteiger partial charge in [0.25, 0.3) is 5.91 Å². The number of rotatable bonds is 8. The van der Waals surface area contributed by atoms with E-state index < -0.39 is 54.0 Å². The van der Waals surface area contributed by atoms with Crippen LogP contribution in [0.1, 0.15) is 31.4 Å². The Morgan fingerprint density at radius 2 is 1.73 bits per heavy atom. The van der Waals surface area contributed by atoms with Crippen molar-refractivity contribution in [2.24, 2.45) is 0 Å². The van der Waals surface area contributed by atoms with Crippen molar-refractivity contribution in [1.29, 1.82) is 0 Å². The van der Waals surface area contributed by atoms with Gasteiger partial charge in [-0.05, 0) is 36.6 Å². The molecule has 2 aromatic rings. The molecule has 1 saturated heterocycles. The Kier molecular flexibility index (Phi) is 7.05. The minimum Gasteiger partial charge on any atom is -0.345 e. The van der Waals surface area contributed by atoms with Crippen molar-refractivity contribution in [1.82, 2.24) is 15.5 Å². The average molecular weight is 458 g/mol. The highest BCUT2D eigenvalue weighted by Crippen LogP contribution is 2.29. The predicted molar refractivity (Wildman–Crippen MR) is 116 cm³/mol. The van der Waals surface area contributed by atoms with Crippen LogP contribution in [0, 0.1) is 11.6 Å². The van der Waals surface area contributed by atoms with Crippen LogP contribution in [0.2, 0.25) is 0 Å². The molecule has 0 aromatic heterocycles. The molecule has 1 fully saturated rings. The van der Waals surface area contributed by atoms with Crippen molar-refractivity contribution >= 4 is 29.4 Å². The molecule has 1 heterocycles. The second-order valence-electron chi connectivity index (χ2n) is 7.85. The van der Waals surface area contributed by atoms with Gasteiger partial charge in [-0.25, -0.2) is 13.6 Å². The van der Waals surface area contributed by atoms with Gasteiger partial charge in [0.05, 0.1) is 6.54 Å². The van der Waals surface area contributed by atoms with E-state index in [-0.39, 0.29) is 5.69 Å². The van der Waals surface area contributed by atoms with E-state index in [0.717, 1.165) is 35.4 Å². The first-order valence-corrected chi connectivity index (χ1v) is 10.4. The third-order valence-electron chi connectivity index (χ3n) is 5.30. The van der Waals surface area contributed by atoms with Crippen LogP contribution in [-0.4, -0.2) is 41.7 Å². The van der Waals surface area contributed by atoms with E-state index in [1.165, 1.54) is 6.07 Å². The molecule has 1 unspecified atom stereocenters. The first-order valence-electron chi connectivity index (χ1n) is 10.4. The molecule has 2 aromatic carbocycles. The van der Waals surface area contributed by atoms with Crippen LogP contribution < -0.4 is 16.0 Å². The number of nitrogens with one attached hydrogen (secondary N) is 3. The number of anilines is 1. The smallest absolute Gasteiger partial charge is 0.325 e. The van der Waals surface area contributed by atoms with E-state index in [2.05, 4.69) is 22.9 Å². The third-order valence-corrected chi connectivity index (χ3v) is 5.30. The van der Waals surface area contributed by atoms with Gasteiger partial charge >= 0.3 is 6.03 Å². The van der Waals surface area contributed by atoms with Gasteiger partial charge in [-0.2, -0.15) is 0 Å². The summed E-state index contributed by atoms with van der Waals surface area (Å²) in [6, 6.07) is 9.44. The Morgan fingerprint density at radius 3 is 2.36 bits per heavy atom. The highest BCUT2D eigenvalue weighted by atomic mass is 19.2. The van der Waals surface area contributed by atoms with Crippen LogP contribution in [0.3, 0.4) is 0 Å². The lowest BCUT2D eigenvalue weighted by atomic mass is 9.91. The number of urea groups is 1. The number of carbonyl (C=O) groups is 4. The summed E-state index contributed by atoms with van der Waals surface area (Å²) >= 11 is 0. The monoisotopic (exact) mass is 458 g/mol. The molecule has 0 bridgehead atoms. The lowest BCUT2D eigenvalue weighted by Gasteiger charge is -2.22. The second-order valence-corrected chi connectivity index (χ2v) is 7.85. The number of aryl methyl sites for hydroxylation is 1. The lowest BCUT2D eigenvalue weighted by molar-refractivity contribution is -0.135. The summed E-state index contributed by atoms with van der Waals surface area (Å²) in [4.78, 5) is 50.3. The molecular weight excluding hydrogens is 434 g/mol. The number of benzene rings is 2. The molecule has 3 N–H and O–H groups in total. The number of carbonyl (C=O) groups excluding carboxylic acids is 4. The fourth-order valence-electron chi connectivity index (χ4n) is 3.49.